The highest BCUT2D eigenvalue weighted by molar-refractivity contribution is 7.14. The topological polar surface area (TPSA) is 112 Å². The van der Waals surface area contributed by atoms with Crippen molar-refractivity contribution in [3.05, 3.63) is 44.9 Å². The predicted molar refractivity (Wildman–Crippen MR) is 138 cm³/mol. The number of carbonyl (C=O) groups excluding carboxylic acids is 3. The van der Waals surface area contributed by atoms with Crippen LogP contribution in [0.4, 0.5) is 5.69 Å². The van der Waals surface area contributed by atoms with Crippen molar-refractivity contribution in [3.63, 3.8) is 0 Å². The zero-order chi connectivity index (χ0) is 24.9. The number of amides is 3. The summed E-state index contributed by atoms with van der Waals surface area (Å²) in [5.74, 6) is -0.151. The molecular weight excluding hydrogens is 486 g/mol. The van der Waals surface area contributed by atoms with Gasteiger partial charge in [0.1, 0.15) is 6.04 Å². The van der Waals surface area contributed by atoms with Crippen molar-refractivity contribution >= 4 is 46.3 Å². The van der Waals surface area contributed by atoms with Crippen LogP contribution in [0.25, 0.3) is 0 Å². The number of pyridine rings is 1. The van der Waals surface area contributed by atoms with Gasteiger partial charge in [-0.25, -0.2) is 4.98 Å². The normalized spacial score (nSPS) is 17.5. The largest absolute Gasteiger partial charge is 0.376 e. The fourth-order valence-corrected chi connectivity index (χ4v) is 5.50. The third-order valence-corrected chi connectivity index (χ3v) is 8.01. The number of hydrogen-bond acceptors (Lipinski definition) is 6. The van der Waals surface area contributed by atoms with Gasteiger partial charge in [0, 0.05) is 24.2 Å². The van der Waals surface area contributed by atoms with E-state index in [2.05, 4.69) is 26.3 Å². The SMILES string of the molecule is CNC(=O)c1ncc(Cl)cc1N[C@@H](C)c1ccc(C(=O)N[C@@H](CC2CCCC2)C(=O)NC2CC2)s1. The Hall–Kier alpha value is -2.65. The summed E-state index contributed by atoms with van der Waals surface area (Å²) >= 11 is 7.45. The van der Waals surface area contributed by atoms with E-state index in [1.807, 2.05) is 13.0 Å². The summed E-state index contributed by atoms with van der Waals surface area (Å²) in [6, 6.07) is 4.85. The van der Waals surface area contributed by atoms with E-state index in [4.69, 9.17) is 11.6 Å². The van der Waals surface area contributed by atoms with Gasteiger partial charge in [-0.2, -0.15) is 0 Å². The molecule has 2 fully saturated rings. The van der Waals surface area contributed by atoms with Crippen molar-refractivity contribution in [3.8, 4) is 0 Å². The third kappa shape index (κ3) is 6.73. The lowest BCUT2D eigenvalue weighted by atomic mass is 9.97. The maximum Gasteiger partial charge on any atom is 0.271 e. The highest BCUT2D eigenvalue weighted by Crippen LogP contribution is 2.31. The molecule has 3 amide bonds. The fraction of sp³-hybridized carbons (Fsp3) is 0.520. The minimum absolute atomic E-state index is 0.0743. The lowest BCUT2D eigenvalue weighted by Gasteiger charge is -2.21. The van der Waals surface area contributed by atoms with Crippen LogP contribution in [0, 0.1) is 5.92 Å². The second-order valence-electron chi connectivity index (χ2n) is 9.39. The second kappa shape index (κ2) is 11.4. The van der Waals surface area contributed by atoms with Gasteiger partial charge in [-0.15, -0.1) is 11.3 Å². The molecule has 8 nitrogen and oxygen atoms in total. The average molecular weight is 518 g/mol. The van der Waals surface area contributed by atoms with Gasteiger partial charge in [-0.1, -0.05) is 37.3 Å². The number of hydrogen-bond donors (Lipinski definition) is 4. The van der Waals surface area contributed by atoms with Crippen molar-refractivity contribution in [2.24, 2.45) is 5.92 Å². The molecule has 2 atom stereocenters. The van der Waals surface area contributed by atoms with E-state index in [0.29, 0.717) is 27.9 Å². The van der Waals surface area contributed by atoms with Crippen LogP contribution in [0.5, 0.6) is 0 Å². The summed E-state index contributed by atoms with van der Waals surface area (Å²) in [6.07, 6.45) is 8.76. The monoisotopic (exact) mass is 517 g/mol. The Bertz CT molecular complexity index is 1080. The summed E-state index contributed by atoms with van der Waals surface area (Å²) in [5.41, 5.74) is 0.756. The number of aromatic nitrogens is 1. The van der Waals surface area contributed by atoms with Crippen molar-refractivity contribution in [1.29, 1.82) is 0 Å². The minimum Gasteiger partial charge on any atom is -0.376 e. The quantitative estimate of drug-likeness (QED) is 0.375. The van der Waals surface area contributed by atoms with Crippen LogP contribution in [0.2, 0.25) is 5.02 Å². The van der Waals surface area contributed by atoms with Crippen LogP contribution in [0.1, 0.15) is 82.9 Å². The number of carbonyl (C=O) groups is 3. The van der Waals surface area contributed by atoms with Gasteiger partial charge in [-0.05, 0) is 50.3 Å². The molecule has 10 heteroatoms. The summed E-state index contributed by atoms with van der Waals surface area (Å²) in [5, 5.41) is 12.3. The molecule has 0 bridgehead atoms. The summed E-state index contributed by atoms with van der Waals surface area (Å²) in [4.78, 5) is 43.7. The highest BCUT2D eigenvalue weighted by atomic mass is 35.5. The highest BCUT2D eigenvalue weighted by Gasteiger charge is 2.31. The second-order valence-corrected chi connectivity index (χ2v) is 10.9. The van der Waals surface area contributed by atoms with E-state index in [9.17, 15) is 14.4 Å². The van der Waals surface area contributed by atoms with Gasteiger partial charge >= 0.3 is 0 Å². The molecular formula is C25H32ClN5O3S. The summed E-state index contributed by atoms with van der Waals surface area (Å²) in [6.45, 7) is 1.94. The van der Waals surface area contributed by atoms with Crippen LogP contribution >= 0.6 is 22.9 Å². The van der Waals surface area contributed by atoms with Gasteiger partial charge in [0.25, 0.3) is 11.8 Å². The average Bonchev–Trinajstić information content (AvgIpc) is 3.28. The maximum absolute atomic E-state index is 13.1. The lowest BCUT2D eigenvalue weighted by molar-refractivity contribution is -0.123. The van der Waals surface area contributed by atoms with Gasteiger partial charge < -0.3 is 21.3 Å². The summed E-state index contributed by atoms with van der Waals surface area (Å²) < 4.78 is 0. The molecule has 188 valence electrons. The van der Waals surface area contributed by atoms with E-state index in [-0.39, 0.29) is 35.5 Å². The van der Waals surface area contributed by atoms with Crippen molar-refractivity contribution in [2.45, 2.75) is 70.0 Å². The standard InChI is InChI=1S/C25H32ClN5O3S/c1-14(29-18-12-16(26)13-28-22(18)25(34)27-2)20-9-10-21(35-20)24(33)31-19(11-15-5-3-4-6-15)23(32)30-17-7-8-17/h9-10,12-15,17,19,29H,3-8,11H2,1-2H3,(H,27,34)(H,30,32)(H,31,33)/t14-,19-/m0/s1. The van der Waals surface area contributed by atoms with E-state index < -0.39 is 6.04 Å². The van der Waals surface area contributed by atoms with Gasteiger partial charge in [0.05, 0.1) is 21.6 Å². The Balaban J connectivity index is 1.42. The molecule has 0 aromatic carbocycles. The molecule has 2 saturated carbocycles. The molecule has 4 N–H and O–H groups in total. The molecule has 4 rings (SSSR count). The van der Waals surface area contributed by atoms with Crippen molar-refractivity contribution in [2.75, 3.05) is 12.4 Å². The summed E-state index contributed by atoms with van der Waals surface area (Å²) in [7, 11) is 1.54. The number of thiophene rings is 1. The maximum atomic E-state index is 13.1. The molecule has 2 aromatic rings. The minimum atomic E-state index is -0.514. The lowest BCUT2D eigenvalue weighted by Crippen LogP contribution is -2.48. The zero-order valence-corrected chi connectivity index (χ0v) is 21.6. The Morgan fingerprint density at radius 1 is 1.14 bits per heavy atom. The molecule has 0 aliphatic heterocycles. The first-order chi connectivity index (χ1) is 16.8. The van der Waals surface area contributed by atoms with Crippen LogP contribution in [0.15, 0.2) is 24.4 Å². The molecule has 2 aliphatic rings. The van der Waals surface area contributed by atoms with Crippen molar-refractivity contribution < 1.29 is 14.4 Å². The van der Waals surface area contributed by atoms with Crippen LogP contribution < -0.4 is 21.3 Å². The van der Waals surface area contributed by atoms with Crippen LogP contribution in [-0.4, -0.2) is 41.8 Å². The molecule has 35 heavy (non-hydrogen) atoms. The van der Waals surface area contributed by atoms with Crippen LogP contribution in [-0.2, 0) is 4.79 Å². The molecule has 0 saturated heterocycles. The Labute approximate surface area is 214 Å². The molecule has 2 heterocycles. The van der Waals surface area contributed by atoms with E-state index in [1.54, 1.807) is 19.2 Å². The number of anilines is 1. The van der Waals surface area contributed by atoms with E-state index in [1.165, 1.54) is 30.4 Å². The number of nitrogens with zero attached hydrogens (tertiary/aromatic N) is 1. The smallest absolute Gasteiger partial charge is 0.271 e. The molecule has 2 aliphatic carbocycles. The third-order valence-electron chi connectivity index (χ3n) is 6.54. The number of halogens is 1. The Morgan fingerprint density at radius 3 is 2.57 bits per heavy atom. The molecule has 0 radical (unpaired) electrons. The molecule has 2 aromatic heterocycles. The van der Waals surface area contributed by atoms with E-state index in [0.717, 1.165) is 30.6 Å². The van der Waals surface area contributed by atoms with Crippen molar-refractivity contribution in [1.82, 2.24) is 20.9 Å². The Morgan fingerprint density at radius 2 is 1.89 bits per heavy atom. The van der Waals surface area contributed by atoms with Gasteiger partial charge in [0.15, 0.2) is 5.69 Å². The zero-order valence-electron chi connectivity index (χ0n) is 20.0. The molecule has 0 unspecified atom stereocenters. The first-order valence-electron chi connectivity index (χ1n) is 12.2. The first-order valence-corrected chi connectivity index (χ1v) is 13.4. The number of nitrogens with one attached hydrogen (secondary N) is 4. The van der Waals surface area contributed by atoms with Gasteiger partial charge in [0.2, 0.25) is 5.91 Å². The first kappa shape index (κ1) is 25.4. The molecule has 0 spiro atoms. The van der Waals surface area contributed by atoms with Crippen LogP contribution in [0.3, 0.4) is 0 Å². The van der Waals surface area contributed by atoms with Gasteiger partial charge in [-0.3, -0.25) is 14.4 Å². The Kier molecular flexibility index (Phi) is 8.28. The predicted octanol–water partition coefficient (Wildman–Crippen LogP) is 4.29. The van der Waals surface area contributed by atoms with E-state index >= 15 is 0 Å². The number of rotatable bonds is 10. The fourth-order valence-electron chi connectivity index (χ4n) is 4.43.